The quantitative estimate of drug-likeness (QED) is 0.863. The van der Waals surface area contributed by atoms with Crippen LogP contribution in [0.3, 0.4) is 0 Å². The second kappa shape index (κ2) is 6.62. The normalized spacial score (nSPS) is 18.2. The molecule has 1 unspecified atom stereocenters. The first kappa shape index (κ1) is 17.3. The van der Waals surface area contributed by atoms with Crippen molar-refractivity contribution in [3.8, 4) is 5.75 Å². The van der Waals surface area contributed by atoms with Gasteiger partial charge in [0.2, 0.25) is 0 Å². The summed E-state index contributed by atoms with van der Waals surface area (Å²) in [5.41, 5.74) is 0.683. The van der Waals surface area contributed by atoms with Crippen LogP contribution in [-0.2, 0) is 9.59 Å². The van der Waals surface area contributed by atoms with Gasteiger partial charge in [0.25, 0.3) is 5.91 Å². The standard InChI is InChI=1S/C17H20ClNO4/c1-4-7-19-14(10-5-6-12(20)11(18)8-10)13(15(21)9(2)3)16(22)17(19)23/h5-6,8-9,14,20,22H,4,7H2,1-3H3. The van der Waals surface area contributed by atoms with E-state index in [-0.39, 0.29) is 28.0 Å². The van der Waals surface area contributed by atoms with Crippen LogP contribution in [0.2, 0.25) is 5.02 Å². The average Bonchev–Trinajstić information content (AvgIpc) is 2.74. The number of benzene rings is 1. The van der Waals surface area contributed by atoms with E-state index in [1.54, 1.807) is 19.9 Å². The number of nitrogens with zero attached hydrogens (tertiary/aromatic N) is 1. The van der Waals surface area contributed by atoms with Gasteiger partial charge in [-0.15, -0.1) is 0 Å². The number of aromatic hydroxyl groups is 1. The number of phenolic OH excluding ortho intramolecular Hbond substituents is 1. The Bertz CT molecular complexity index is 681. The van der Waals surface area contributed by atoms with E-state index >= 15 is 0 Å². The Morgan fingerprint density at radius 1 is 1.35 bits per heavy atom. The van der Waals surface area contributed by atoms with Crippen molar-refractivity contribution in [2.24, 2.45) is 5.92 Å². The van der Waals surface area contributed by atoms with Crippen molar-refractivity contribution in [2.45, 2.75) is 33.2 Å². The molecule has 5 nitrogen and oxygen atoms in total. The highest BCUT2D eigenvalue weighted by atomic mass is 35.5. The molecule has 0 saturated carbocycles. The van der Waals surface area contributed by atoms with Gasteiger partial charge >= 0.3 is 0 Å². The van der Waals surface area contributed by atoms with Crippen molar-refractivity contribution in [2.75, 3.05) is 6.54 Å². The number of phenols is 1. The fourth-order valence-electron chi connectivity index (χ4n) is 2.73. The summed E-state index contributed by atoms with van der Waals surface area (Å²) in [6.45, 7) is 5.75. The summed E-state index contributed by atoms with van der Waals surface area (Å²) in [5.74, 6) is -1.75. The molecule has 1 amide bonds. The first-order chi connectivity index (χ1) is 10.8. The van der Waals surface area contributed by atoms with Crippen LogP contribution in [0.5, 0.6) is 5.75 Å². The molecule has 1 aliphatic rings. The zero-order valence-corrected chi connectivity index (χ0v) is 14.1. The van der Waals surface area contributed by atoms with Crippen molar-refractivity contribution in [3.63, 3.8) is 0 Å². The van der Waals surface area contributed by atoms with Gasteiger partial charge in [0.1, 0.15) is 5.75 Å². The highest BCUT2D eigenvalue weighted by Crippen LogP contribution is 2.40. The highest BCUT2D eigenvalue weighted by Gasteiger charge is 2.43. The van der Waals surface area contributed by atoms with Gasteiger partial charge in [0, 0.05) is 12.5 Å². The van der Waals surface area contributed by atoms with Crippen molar-refractivity contribution in [1.82, 2.24) is 4.90 Å². The van der Waals surface area contributed by atoms with Gasteiger partial charge in [-0.3, -0.25) is 9.59 Å². The second-order valence-corrected chi connectivity index (χ2v) is 6.30. The van der Waals surface area contributed by atoms with E-state index in [2.05, 4.69) is 0 Å². The largest absolute Gasteiger partial charge is 0.506 e. The van der Waals surface area contributed by atoms with Gasteiger partial charge in [-0.2, -0.15) is 0 Å². The molecule has 0 saturated heterocycles. The summed E-state index contributed by atoms with van der Waals surface area (Å²) in [6.07, 6.45) is 0.685. The van der Waals surface area contributed by atoms with Gasteiger partial charge in [0.05, 0.1) is 16.6 Å². The fraction of sp³-hybridized carbons (Fsp3) is 0.412. The molecular formula is C17H20ClNO4. The van der Waals surface area contributed by atoms with E-state index in [1.807, 2.05) is 6.92 Å². The first-order valence-electron chi connectivity index (χ1n) is 7.56. The lowest BCUT2D eigenvalue weighted by molar-refractivity contribution is -0.129. The number of aliphatic hydroxyl groups excluding tert-OH is 1. The summed E-state index contributed by atoms with van der Waals surface area (Å²) in [5, 5.41) is 19.9. The molecule has 6 heteroatoms. The molecule has 23 heavy (non-hydrogen) atoms. The van der Waals surface area contributed by atoms with Gasteiger partial charge < -0.3 is 15.1 Å². The maximum absolute atomic E-state index is 12.5. The number of hydrogen-bond donors (Lipinski definition) is 2. The predicted octanol–water partition coefficient (Wildman–Crippen LogP) is 3.38. The fourth-order valence-corrected chi connectivity index (χ4v) is 2.92. The molecule has 1 atom stereocenters. The number of ketones is 1. The molecule has 0 aromatic heterocycles. The number of aliphatic hydroxyl groups is 1. The number of halogens is 1. The summed E-state index contributed by atoms with van der Waals surface area (Å²) in [7, 11) is 0. The summed E-state index contributed by atoms with van der Waals surface area (Å²) in [6, 6.07) is 3.85. The van der Waals surface area contributed by atoms with Gasteiger partial charge in [0.15, 0.2) is 11.5 Å². The van der Waals surface area contributed by atoms with E-state index in [9.17, 15) is 19.8 Å². The lowest BCUT2D eigenvalue weighted by atomic mass is 9.91. The molecule has 0 bridgehead atoms. The highest BCUT2D eigenvalue weighted by molar-refractivity contribution is 6.32. The number of carbonyl (C=O) groups excluding carboxylic acids is 2. The molecule has 0 fully saturated rings. The molecule has 1 aromatic carbocycles. The van der Waals surface area contributed by atoms with Gasteiger partial charge in [-0.05, 0) is 24.1 Å². The Morgan fingerprint density at radius 2 is 2.00 bits per heavy atom. The monoisotopic (exact) mass is 337 g/mol. The minimum Gasteiger partial charge on any atom is -0.506 e. The predicted molar refractivity (Wildman–Crippen MR) is 87.4 cm³/mol. The van der Waals surface area contributed by atoms with Crippen LogP contribution in [-0.4, -0.2) is 33.3 Å². The van der Waals surface area contributed by atoms with Crippen LogP contribution in [0.25, 0.3) is 0 Å². The molecule has 1 aromatic rings. The molecule has 1 heterocycles. The molecule has 124 valence electrons. The Balaban J connectivity index is 2.58. The zero-order chi connectivity index (χ0) is 17.3. The number of Topliss-reactive ketones (excluding diaryl/α,β-unsaturated/α-hetero) is 1. The number of hydrogen-bond acceptors (Lipinski definition) is 4. The van der Waals surface area contributed by atoms with Crippen LogP contribution >= 0.6 is 11.6 Å². The Kier molecular flexibility index (Phi) is 5.00. The molecule has 0 spiro atoms. The lowest BCUT2D eigenvalue weighted by Gasteiger charge is -2.27. The lowest BCUT2D eigenvalue weighted by Crippen LogP contribution is -2.32. The summed E-state index contributed by atoms with van der Waals surface area (Å²) < 4.78 is 0. The maximum atomic E-state index is 12.5. The van der Waals surface area contributed by atoms with Crippen molar-refractivity contribution >= 4 is 23.3 Å². The molecule has 2 N–H and O–H groups in total. The van der Waals surface area contributed by atoms with Crippen LogP contribution in [0.15, 0.2) is 29.5 Å². The summed E-state index contributed by atoms with van der Waals surface area (Å²) in [4.78, 5) is 26.3. The third-order valence-electron chi connectivity index (χ3n) is 3.85. The molecular weight excluding hydrogens is 318 g/mol. The minimum absolute atomic E-state index is 0.0771. The van der Waals surface area contributed by atoms with Crippen LogP contribution in [0, 0.1) is 5.92 Å². The van der Waals surface area contributed by atoms with Crippen LogP contribution in [0.1, 0.15) is 38.8 Å². The molecule has 2 rings (SSSR count). The third-order valence-corrected chi connectivity index (χ3v) is 4.15. The smallest absolute Gasteiger partial charge is 0.290 e. The van der Waals surface area contributed by atoms with E-state index in [0.717, 1.165) is 0 Å². The van der Waals surface area contributed by atoms with Gasteiger partial charge in [-0.1, -0.05) is 38.4 Å². The second-order valence-electron chi connectivity index (χ2n) is 5.89. The third kappa shape index (κ3) is 3.06. The van der Waals surface area contributed by atoms with Crippen LogP contribution < -0.4 is 0 Å². The average molecular weight is 338 g/mol. The van der Waals surface area contributed by atoms with Crippen molar-refractivity contribution in [3.05, 3.63) is 40.1 Å². The van der Waals surface area contributed by atoms with Crippen molar-refractivity contribution in [1.29, 1.82) is 0 Å². The Labute approximate surface area is 140 Å². The molecule has 0 aliphatic carbocycles. The SMILES string of the molecule is CCCN1C(=O)C(O)=C(C(=O)C(C)C)C1c1ccc(O)c(Cl)c1. The Morgan fingerprint density at radius 3 is 2.52 bits per heavy atom. The van der Waals surface area contributed by atoms with Crippen LogP contribution in [0.4, 0.5) is 0 Å². The Hall–Kier alpha value is -2.01. The van der Waals surface area contributed by atoms with Gasteiger partial charge in [-0.25, -0.2) is 0 Å². The molecule has 0 radical (unpaired) electrons. The number of carbonyl (C=O) groups is 2. The summed E-state index contributed by atoms with van der Waals surface area (Å²) >= 11 is 5.96. The van der Waals surface area contributed by atoms with Crippen molar-refractivity contribution < 1.29 is 19.8 Å². The van der Waals surface area contributed by atoms with E-state index < -0.39 is 17.7 Å². The molecule has 1 aliphatic heterocycles. The zero-order valence-electron chi connectivity index (χ0n) is 13.3. The topological polar surface area (TPSA) is 77.8 Å². The van der Waals surface area contributed by atoms with E-state index in [4.69, 9.17) is 11.6 Å². The van der Waals surface area contributed by atoms with E-state index in [1.165, 1.54) is 17.0 Å². The van der Waals surface area contributed by atoms with E-state index in [0.29, 0.717) is 18.5 Å². The maximum Gasteiger partial charge on any atom is 0.290 e. The minimum atomic E-state index is -0.685. The number of rotatable bonds is 5. The first-order valence-corrected chi connectivity index (χ1v) is 7.94. The number of amides is 1.